The number of nitrogens with one attached hydrogen (secondary N) is 1. The SMILES string of the molecule is C=C(C)C(=O)OCNC(=O)OC(C)COc1ccccc1. The number of carbonyl (C=O) groups is 2. The third kappa shape index (κ3) is 7.00. The average molecular weight is 293 g/mol. The Balaban J connectivity index is 2.18. The van der Waals surface area contributed by atoms with Gasteiger partial charge in [0.1, 0.15) is 18.5 Å². The molecule has 0 saturated heterocycles. The lowest BCUT2D eigenvalue weighted by atomic mass is 10.3. The van der Waals surface area contributed by atoms with Crippen LogP contribution in [-0.2, 0) is 14.3 Å². The van der Waals surface area contributed by atoms with Crippen LogP contribution < -0.4 is 10.1 Å². The van der Waals surface area contributed by atoms with Crippen LogP contribution >= 0.6 is 0 Å². The average Bonchev–Trinajstić information content (AvgIpc) is 2.46. The van der Waals surface area contributed by atoms with Gasteiger partial charge in [-0.25, -0.2) is 9.59 Å². The number of benzene rings is 1. The number of alkyl carbamates (subject to hydrolysis) is 1. The molecule has 0 aromatic heterocycles. The molecule has 1 unspecified atom stereocenters. The molecule has 1 N–H and O–H groups in total. The lowest BCUT2D eigenvalue weighted by Crippen LogP contribution is -2.32. The molecule has 6 nitrogen and oxygen atoms in total. The molecule has 21 heavy (non-hydrogen) atoms. The number of ether oxygens (including phenoxy) is 3. The zero-order valence-electron chi connectivity index (χ0n) is 12.1. The Hall–Kier alpha value is -2.50. The van der Waals surface area contributed by atoms with E-state index < -0.39 is 18.2 Å². The van der Waals surface area contributed by atoms with Gasteiger partial charge in [-0.1, -0.05) is 24.8 Å². The summed E-state index contributed by atoms with van der Waals surface area (Å²) in [6.07, 6.45) is -1.13. The fourth-order valence-electron chi connectivity index (χ4n) is 1.27. The van der Waals surface area contributed by atoms with E-state index in [9.17, 15) is 9.59 Å². The highest BCUT2D eigenvalue weighted by Gasteiger charge is 2.10. The second kappa shape index (κ2) is 8.63. The second-order valence-electron chi connectivity index (χ2n) is 4.37. The second-order valence-corrected chi connectivity index (χ2v) is 4.37. The predicted molar refractivity (Wildman–Crippen MR) is 76.8 cm³/mol. The minimum Gasteiger partial charge on any atom is -0.490 e. The molecule has 1 aromatic rings. The minimum atomic E-state index is -0.686. The summed E-state index contributed by atoms with van der Waals surface area (Å²) in [6, 6.07) is 9.20. The molecule has 0 aliphatic heterocycles. The molecule has 1 aromatic carbocycles. The molecule has 0 fully saturated rings. The highest BCUT2D eigenvalue weighted by molar-refractivity contribution is 5.87. The van der Waals surface area contributed by atoms with Crippen molar-refractivity contribution in [1.82, 2.24) is 5.32 Å². The first-order valence-corrected chi connectivity index (χ1v) is 6.44. The highest BCUT2D eigenvalue weighted by atomic mass is 16.6. The molecule has 0 aliphatic rings. The van der Waals surface area contributed by atoms with E-state index in [1.54, 1.807) is 6.92 Å². The fraction of sp³-hybridized carbons (Fsp3) is 0.333. The van der Waals surface area contributed by atoms with Crippen LogP contribution in [0.5, 0.6) is 5.75 Å². The van der Waals surface area contributed by atoms with Crippen molar-refractivity contribution < 1.29 is 23.8 Å². The first-order valence-electron chi connectivity index (χ1n) is 6.44. The van der Waals surface area contributed by atoms with Gasteiger partial charge in [0.25, 0.3) is 0 Å². The Morgan fingerprint density at radius 1 is 1.29 bits per heavy atom. The topological polar surface area (TPSA) is 73.9 Å². The summed E-state index contributed by atoms with van der Waals surface area (Å²) in [7, 11) is 0. The number of amides is 1. The van der Waals surface area contributed by atoms with Crippen LogP contribution in [0.25, 0.3) is 0 Å². The van der Waals surface area contributed by atoms with Gasteiger partial charge >= 0.3 is 12.1 Å². The van der Waals surface area contributed by atoms with Gasteiger partial charge < -0.3 is 14.2 Å². The molecule has 1 atom stereocenters. The number of esters is 1. The van der Waals surface area contributed by atoms with E-state index >= 15 is 0 Å². The standard InChI is InChI=1S/C15H19NO5/c1-11(2)14(17)20-10-16-15(18)21-12(3)9-19-13-7-5-4-6-8-13/h4-8,12H,1,9-10H2,2-3H3,(H,16,18). The summed E-state index contributed by atoms with van der Waals surface area (Å²) in [5.41, 5.74) is 0.259. The Bertz CT molecular complexity index is 486. The lowest BCUT2D eigenvalue weighted by Gasteiger charge is -2.15. The van der Waals surface area contributed by atoms with Crippen molar-refractivity contribution in [1.29, 1.82) is 0 Å². The zero-order chi connectivity index (χ0) is 15.7. The number of hydrogen-bond donors (Lipinski definition) is 1. The highest BCUT2D eigenvalue weighted by Crippen LogP contribution is 2.09. The summed E-state index contributed by atoms with van der Waals surface area (Å²) < 4.78 is 15.2. The number of hydrogen-bond acceptors (Lipinski definition) is 5. The van der Waals surface area contributed by atoms with Crippen molar-refractivity contribution in [2.24, 2.45) is 0 Å². The quantitative estimate of drug-likeness (QED) is 0.474. The van der Waals surface area contributed by atoms with Crippen LogP contribution in [-0.4, -0.2) is 31.5 Å². The van der Waals surface area contributed by atoms with Gasteiger partial charge in [-0.3, -0.25) is 5.32 Å². The van der Waals surface area contributed by atoms with Crippen LogP contribution in [0, 0.1) is 0 Å². The van der Waals surface area contributed by atoms with Crippen molar-refractivity contribution in [2.45, 2.75) is 20.0 Å². The number of para-hydroxylation sites is 1. The van der Waals surface area contributed by atoms with E-state index in [1.807, 2.05) is 30.3 Å². The van der Waals surface area contributed by atoms with Gasteiger partial charge in [-0.2, -0.15) is 0 Å². The van der Waals surface area contributed by atoms with E-state index in [2.05, 4.69) is 11.9 Å². The van der Waals surface area contributed by atoms with E-state index in [0.717, 1.165) is 0 Å². The Labute approximate surface area is 123 Å². The molecule has 1 rings (SSSR count). The van der Waals surface area contributed by atoms with E-state index in [4.69, 9.17) is 14.2 Å². The Morgan fingerprint density at radius 3 is 2.57 bits per heavy atom. The maximum atomic E-state index is 11.4. The van der Waals surface area contributed by atoms with Crippen LogP contribution in [0.15, 0.2) is 42.5 Å². The molecule has 0 aliphatic carbocycles. The van der Waals surface area contributed by atoms with Crippen LogP contribution in [0.4, 0.5) is 4.79 Å². The molecule has 0 bridgehead atoms. The first kappa shape index (κ1) is 16.6. The van der Waals surface area contributed by atoms with Gasteiger partial charge in [0.15, 0.2) is 6.73 Å². The van der Waals surface area contributed by atoms with Gasteiger partial charge in [0, 0.05) is 5.57 Å². The third-order valence-corrected chi connectivity index (χ3v) is 2.30. The van der Waals surface area contributed by atoms with Crippen molar-refractivity contribution in [3.8, 4) is 5.75 Å². The Morgan fingerprint density at radius 2 is 1.95 bits per heavy atom. The molecule has 1 amide bonds. The summed E-state index contributed by atoms with van der Waals surface area (Å²) in [5, 5.41) is 2.30. The summed E-state index contributed by atoms with van der Waals surface area (Å²) in [4.78, 5) is 22.5. The maximum Gasteiger partial charge on any atom is 0.410 e. The molecule has 0 heterocycles. The summed E-state index contributed by atoms with van der Waals surface area (Å²) >= 11 is 0. The van der Waals surface area contributed by atoms with Crippen molar-refractivity contribution in [2.75, 3.05) is 13.3 Å². The van der Waals surface area contributed by atoms with Gasteiger partial charge in [0.05, 0.1) is 0 Å². The Kier molecular flexibility index (Phi) is 6.80. The molecular formula is C15H19NO5. The molecule has 6 heteroatoms. The zero-order valence-corrected chi connectivity index (χ0v) is 12.1. The van der Waals surface area contributed by atoms with Gasteiger partial charge in [-0.05, 0) is 26.0 Å². The smallest absolute Gasteiger partial charge is 0.410 e. The molecule has 0 saturated carbocycles. The van der Waals surface area contributed by atoms with Crippen LogP contribution in [0.3, 0.4) is 0 Å². The molecular weight excluding hydrogens is 274 g/mol. The van der Waals surface area contributed by atoms with Crippen molar-refractivity contribution in [3.63, 3.8) is 0 Å². The van der Waals surface area contributed by atoms with Crippen LogP contribution in [0.2, 0.25) is 0 Å². The van der Waals surface area contributed by atoms with E-state index in [-0.39, 0.29) is 18.9 Å². The lowest BCUT2D eigenvalue weighted by molar-refractivity contribution is -0.139. The summed E-state index contributed by atoms with van der Waals surface area (Å²) in [6.45, 7) is 6.59. The molecule has 0 spiro atoms. The molecule has 0 radical (unpaired) electrons. The summed E-state index contributed by atoms with van der Waals surface area (Å²) in [5.74, 6) is 0.125. The van der Waals surface area contributed by atoms with E-state index in [0.29, 0.717) is 5.75 Å². The van der Waals surface area contributed by atoms with Gasteiger partial charge in [0.2, 0.25) is 0 Å². The van der Waals surface area contributed by atoms with Gasteiger partial charge in [-0.15, -0.1) is 0 Å². The maximum absolute atomic E-state index is 11.4. The van der Waals surface area contributed by atoms with E-state index in [1.165, 1.54) is 6.92 Å². The first-order chi connectivity index (χ1) is 9.99. The molecule has 114 valence electrons. The largest absolute Gasteiger partial charge is 0.490 e. The number of carbonyl (C=O) groups excluding carboxylic acids is 2. The van der Waals surface area contributed by atoms with Crippen LogP contribution in [0.1, 0.15) is 13.8 Å². The fourth-order valence-corrected chi connectivity index (χ4v) is 1.27. The normalized spacial score (nSPS) is 11.1. The predicted octanol–water partition coefficient (Wildman–Crippen LogP) is 2.26. The third-order valence-electron chi connectivity index (χ3n) is 2.30. The monoisotopic (exact) mass is 293 g/mol. The minimum absolute atomic E-state index is 0.225. The number of rotatable bonds is 7. The van der Waals surface area contributed by atoms with Crippen molar-refractivity contribution in [3.05, 3.63) is 42.5 Å². The van der Waals surface area contributed by atoms with Crippen molar-refractivity contribution >= 4 is 12.1 Å².